The zero-order valence-corrected chi connectivity index (χ0v) is 15.6. The third-order valence-electron chi connectivity index (χ3n) is 4.70. The van der Waals surface area contributed by atoms with Crippen molar-refractivity contribution in [2.75, 3.05) is 19.7 Å². The summed E-state index contributed by atoms with van der Waals surface area (Å²) in [6.07, 6.45) is 1.72. The summed E-state index contributed by atoms with van der Waals surface area (Å²) in [6.45, 7) is 6.98. The number of ether oxygens (including phenoxy) is 1. The Bertz CT molecular complexity index is 773. The molecule has 1 aliphatic heterocycles. The number of quaternary nitrogens is 1. The molecule has 0 bridgehead atoms. The summed E-state index contributed by atoms with van der Waals surface area (Å²) in [6, 6.07) is 8.23. The molecule has 6 nitrogen and oxygen atoms in total. The number of carbonyl (C=O) groups is 1. The molecule has 25 heavy (non-hydrogen) atoms. The van der Waals surface area contributed by atoms with Gasteiger partial charge in [0.05, 0.1) is 25.6 Å². The van der Waals surface area contributed by atoms with Gasteiger partial charge in [0.2, 0.25) is 4.77 Å². The van der Waals surface area contributed by atoms with Gasteiger partial charge in [0.15, 0.2) is 12.5 Å². The average molecular weight is 361 g/mol. The van der Waals surface area contributed by atoms with Crippen molar-refractivity contribution in [1.29, 1.82) is 0 Å². The number of likely N-dealkylation sites (tertiary alicyclic amines) is 1. The Morgan fingerprint density at radius 3 is 2.68 bits per heavy atom. The monoisotopic (exact) mass is 361 g/mol. The fourth-order valence-electron chi connectivity index (χ4n) is 3.21. The highest BCUT2D eigenvalue weighted by Gasteiger charge is 2.28. The van der Waals surface area contributed by atoms with E-state index in [1.165, 1.54) is 10.5 Å². The van der Waals surface area contributed by atoms with Gasteiger partial charge in [-0.3, -0.25) is 9.89 Å². The standard InChI is InChI=1S/C18H24N4O2S/c1-3-24-17(23)15-8-10-21(11-9-15)12-22-18(25)19-16(20-22)14-6-4-13(2)5-7-14/h4-7,15H,3,8-12H2,1-2H3,(H,19,20,25)/p+1. The van der Waals surface area contributed by atoms with Gasteiger partial charge < -0.3 is 9.64 Å². The second-order valence-electron chi connectivity index (χ2n) is 6.58. The summed E-state index contributed by atoms with van der Waals surface area (Å²) in [7, 11) is 0. The molecule has 134 valence electrons. The maximum absolute atomic E-state index is 11.8. The van der Waals surface area contributed by atoms with Crippen molar-refractivity contribution in [2.45, 2.75) is 33.4 Å². The molecule has 1 aromatic carbocycles. The number of hydrogen-bond acceptors (Lipinski definition) is 4. The van der Waals surface area contributed by atoms with Crippen LogP contribution in [0.4, 0.5) is 0 Å². The van der Waals surface area contributed by atoms with Crippen LogP contribution >= 0.6 is 12.2 Å². The smallest absolute Gasteiger partial charge is 0.309 e. The summed E-state index contributed by atoms with van der Waals surface area (Å²) in [4.78, 5) is 17.7. The van der Waals surface area contributed by atoms with E-state index in [4.69, 9.17) is 17.0 Å². The SMILES string of the molecule is CCOC(=O)C1CC[NH+](Cn2[nH]c(-c3ccc(C)cc3)nc2=S)CC1. The molecule has 0 aliphatic carbocycles. The van der Waals surface area contributed by atoms with Crippen LogP contribution in [-0.4, -0.2) is 40.4 Å². The molecule has 2 heterocycles. The van der Waals surface area contributed by atoms with E-state index in [9.17, 15) is 4.79 Å². The number of H-pyrrole nitrogens is 1. The van der Waals surface area contributed by atoms with E-state index >= 15 is 0 Å². The molecule has 0 saturated carbocycles. The van der Waals surface area contributed by atoms with Crippen molar-refractivity contribution in [3.63, 3.8) is 0 Å². The van der Waals surface area contributed by atoms with Crippen LogP contribution in [0.1, 0.15) is 25.3 Å². The lowest BCUT2D eigenvalue weighted by Gasteiger charge is -2.27. The van der Waals surface area contributed by atoms with Gasteiger partial charge in [-0.25, -0.2) is 4.68 Å². The fraction of sp³-hybridized carbons (Fsp3) is 0.500. The average Bonchev–Trinajstić information content (AvgIpc) is 2.97. The number of aromatic amines is 1. The number of piperidine rings is 1. The van der Waals surface area contributed by atoms with Gasteiger partial charge in [0.25, 0.3) is 0 Å². The van der Waals surface area contributed by atoms with E-state index in [-0.39, 0.29) is 11.9 Å². The molecule has 2 aromatic rings. The number of aromatic nitrogens is 3. The Morgan fingerprint density at radius 2 is 2.04 bits per heavy atom. The Hall–Kier alpha value is -1.99. The van der Waals surface area contributed by atoms with Crippen molar-refractivity contribution in [3.05, 3.63) is 34.6 Å². The molecule has 2 N–H and O–H groups in total. The highest BCUT2D eigenvalue weighted by molar-refractivity contribution is 7.71. The minimum atomic E-state index is -0.0543. The van der Waals surface area contributed by atoms with Crippen LogP contribution in [0.3, 0.4) is 0 Å². The lowest BCUT2D eigenvalue weighted by molar-refractivity contribution is -0.929. The number of benzene rings is 1. The highest BCUT2D eigenvalue weighted by Crippen LogP contribution is 2.15. The van der Waals surface area contributed by atoms with Crippen molar-refractivity contribution < 1.29 is 14.4 Å². The van der Waals surface area contributed by atoms with Gasteiger partial charge in [0, 0.05) is 18.4 Å². The Kier molecular flexibility index (Phi) is 5.65. The molecular formula is C18H25N4O2S+. The topological polar surface area (TPSA) is 64.3 Å². The van der Waals surface area contributed by atoms with E-state index in [1.54, 1.807) is 0 Å². The molecule has 1 fully saturated rings. The Balaban J connectivity index is 1.62. The van der Waals surface area contributed by atoms with Crippen LogP contribution < -0.4 is 4.90 Å². The van der Waals surface area contributed by atoms with Crippen molar-refractivity contribution in [1.82, 2.24) is 14.8 Å². The maximum Gasteiger partial charge on any atom is 0.309 e. The van der Waals surface area contributed by atoms with Crippen LogP contribution in [-0.2, 0) is 16.2 Å². The first-order chi connectivity index (χ1) is 12.1. The van der Waals surface area contributed by atoms with E-state index in [0.29, 0.717) is 11.4 Å². The van der Waals surface area contributed by atoms with Gasteiger partial charge in [-0.05, 0) is 26.1 Å². The third-order valence-corrected chi connectivity index (χ3v) is 5.01. The summed E-state index contributed by atoms with van der Waals surface area (Å²) >= 11 is 5.40. The molecule has 0 spiro atoms. The van der Waals surface area contributed by atoms with Crippen LogP contribution in [0.5, 0.6) is 0 Å². The largest absolute Gasteiger partial charge is 0.466 e. The minimum Gasteiger partial charge on any atom is -0.466 e. The van der Waals surface area contributed by atoms with Crippen LogP contribution in [0, 0.1) is 17.6 Å². The quantitative estimate of drug-likeness (QED) is 0.629. The van der Waals surface area contributed by atoms with E-state index in [0.717, 1.165) is 44.0 Å². The summed E-state index contributed by atoms with van der Waals surface area (Å²) in [5.74, 6) is 0.786. The summed E-state index contributed by atoms with van der Waals surface area (Å²) in [5.41, 5.74) is 2.25. The Labute approximate surface area is 152 Å². The number of hydrogen-bond donors (Lipinski definition) is 2. The number of nitrogens with one attached hydrogen (secondary N) is 2. The molecule has 0 unspecified atom stereocenters. The fourth-order valence-corrected chi connectivity index (χ4v) is 3.41. The van der Waals surface area contributed by atoms with Crippen molar-refractivity contribution >= 4 is 18.2 Å². The lowest BCUT2D eigenvalue weighted by atomic mass is 9.97. The Morgan fingerprint density at radius 1 is 1.36 bits per heavy atom. The third kappa shape index (κ3) is 4.35. The van der Waals surface area contributed by atoms with Gasteiger partial charge in [-0.2, -0.15) is 4.98 Å². The molecule has 7 heteroatoms. The second-order valence-corrected chi connectivity index (χ2v) is 6.95. The van der Waals surface area contributed by atoms with Crippen molar-refractivity contribution in [2.24, 2.45) is 5.92 Å². The predicted molar refractivity (Wildman–Crippen MR) is 97.6 cm³/mol. The van der Waals surface area contributed by atoms with Gasteiger partial charge >= 0.3 is 5.97 Å². The predicted octanol–water partition coefficient (Wildman–Crippen LogP) is 1.73. The van der Waals surface area contributed by atoms with Crippen LogP contribution in [0.15, 0.2) is 24.3 Å². The highest BCUT2D eigenvalue weighted by atomic mass is 32.1. The first-order valence-corrected chi connectivity index (χ1v) is 9.21. The maximum atomic E-state index is 11.8. The molecule has 0 radical (unpaired) electrons. The number of esters is 1. The van der Waals surface area contributed by atoms with Crippen LogP contribution in [0.25, 0.3) is 11.4 Å². The van der Waals surface area contributed by atoms with Gasteiger partial charge in [0.1, 0.15) is 0 Å². The lowest BCUT2D eigenvalue weighted by Crippen LogP contribution is -3.12. The zero-order chi connectivity index (χ0) is 17.8. The molecule has 0 amide bonds. The van der Waals surface area contributed by atoms with Crippen LogP contribution in [0.2, 0.25) is 0 Å². The van der Waals surface area contributed by atoms with E-state index in [2.05, 4.69) is 29.1 Å². The normalized spacial score (nSPS) is 20.4. The van der Waals surface area contributed by atoms with Gasteiger partial charge in [-0.15, -0.1) is 0 Å². The minimum absolute atomic E-state index is 0.0431. The van der Waals surface area contributed by atoms with Gasteiger partial charge in [-0.1, -0.05) is 29.8 Å². The molecule has 3 rings (SSSR count). The number of aryl methyl sites for hydroxylation is 1. The van der Waals surface area contributed by atoms with E-state index in [1.807, 2.05) is 23.7 Å². The number of nitrogens with zero attached hydrogens (tertiary/aromatic N) is 2. The molecular weight excluding hydrogens is 336 g/mol. The number of carbonyl (C=O) groups excluding carboxylic acids is 1. The summed E-state index contributed by atoms with van der Waals surface area (Å²) in [5, 5.41) is 3.31. The zero-order valence-electron chi connectivity index (χ0n) is 14.7. The molecule has 1 aromatic heterocycles. The van der Waals surface area contributed by atoms with E-state index < -0.39 is 0 Å². The number of rotatable bonds is 5. The molecule has 1 saturated heterocycles. The molecule has 0 atom stereocenters. The first-order valence-electron chi connectivity index (χ1n) is 8.81. The second kappa shape index (κ2) is 7.93. The summed E-state index contributed by atoms with van der Waals surface area (Å²) < 4.78 is 7.61. The van der Waals surface area contributed by atoms with Crippen molar-refractivity contribution in [3.8, 4) is 11.4 Å². The first kappa shape index (κ1) is 17.8. The molecule has 1 aliphatic rings.